The van der Waals surface area contributed by atoms with Crippen molar-refractivity contribution in [2.75, 3.05) is 11.5 Å². The minimum Gasteiger partial charge on any atom is -0.462 e. The molecule has 5 nitrogen and oxygen atoms in total. The Morgan fingerprint density at radius 3 is 2.24 bits per heavy atom. The van der Waals surface area contributed by atoms with E-state index in [1.54, 1.807) is 24.3 Å². The fourth-order valence-corrected chi connectivity index (χ4v) is 4.30. The van der Waals surface area contributed by atoms with Crippen LogP contribution >= 0.6 is 0 Å². The van der Waals surface area contributed by atoms with Gasteiger partial charge in [-0.1, -0.05) is 25.5 Å². The third-order valence-corrected chi connectivity index (χ3v) is 5.56. The normalized spacial score (nSPS) is 29.4. The summed E-state index contributed by atoms with van der Waals surface area (Å²) in [6, 6.07) is 6.54. The van der Waals surface area contributed by atoms with Crippen molar-refractivity contribution in [3.8, 4) is 0 Å². The molecule has 25 heavy (non-hydrogen) atoms. The van der Waals surface area contributed by atoms with Gasteiger partial charge in [0.25, 0.3) is 0 Å². The van der Waals surface area contributed by atoms with E-state index in [1.165, 1.54) is 4.90 Å². The molecule has 1 aromatic carbocycles. The van der Waals surface area contributed by atoms with Crippen LogP contribution in [0.1, 0.15) is 36.5 Å². The lowest BCUT2D eigenvalue weighted by Crippen LogP contribution is -2.32. The second kappa shape index (κ2) is 6.14. The molecule has 1 saturated heterocycles. The summed E-state index contributed by atoms with van der Waals surface area (Å²) in [5, 5.41) is 0. The molecule has 1 saturated carbocycles. The molecule has 0 spiro atoms. The molecule has 3 aliphatic rings. The first kappa shape index (κ1) is 16.1. The minimum absolute atomic E-state index is 0.106. The van der Waals surface area contributed by atoms with Crippen LogP contribution in [0, 0.1) is 23.7 Å². The number of allylic oxidation sites excluding steroid dienone is 2. The van der Waals surface area contributed by atoms with Gasteiger partial charge in [-0.3, -0.25) is 14.5 Å². The van der Waals surface area contributed by atoms with Gasteiger partial charge in [0.15, 0.2) is 0 Å². The third-order valence-electron chi connectivity index (χ3n) is 5.56. The summed E-state index contributed by atoms with van der Waals surface area (Å²) in [5.41, 5.74) is 0.967. The van der Waals surface area contributed by atoms with Gasteiger partial charge in [0.1, 0.15) is 0 Å². The van der Waals surface area contributed by atoms with Crippen LogP contribution in [-0.4, -0.2) is 24.4 Å². The number of anilines is 1. The van der Waals surface area contributed by atoms with Crippen molar-refractivity contribution in [3.05, 3.63) is 42.0 Å². The minimum atomic E-state index is -0.377. The lowest BCUT2D eigenvalue weighted by atomic mass is 9.85. The van der Waals surface area contributed by atoms with Gasteiger partial charge in [0.05, 0.1) is 29.7 Å². The fraction of sp³-hybridized carbons (Fsp3) is 0.450. The molecule has 5 heteroatoms. The quantitative estimate of drug-likeness (QED) is 0.358. The molecule has 4 rings (SSSR count). The Morgan fingerprint density at radius 1 is 1.08 bits per heavy atom. The maximum Gasteiger partial charge on any atom is 0.338 e. The largest absolute Gasteiger partial charge is 0.462 e. The molecule has 2 aliphatic carbocycles. The Labute approximate surface area is 146 Å². The van der Waals surface area contributed by atoms with Crippen LogP contribution in [0.3, 0.4) is 0 Å². The van der Waals surface area contributed by atoms with Crippen LogP contribution in [0.15, 0.2) is 36.4 Å². The average molecular weight is 339 g/mol. The summed E-state index contributed by atoms with van der Waals surface area (Å²) >= 11 is 0. The van der Waals surface area contributed by atoms with E-state index in [1.807, 2.05) is 6.92 Å². The molecule has 130 valence electrons. The molecule has 0 unspecified atom stereocenters. The molecule has 4 atom stereocenters. The fourth-order valence-electron chi connectivity index (χ4n) is 4.30. The molecular weight excluding hydrogens is 318 g/mol. The highest BCUT2D eigenvalue weighted by atomic mass is 16.5. The predicted octanol–water partition coefficient (Wildman–Crippen LogP) is 2.96. The van der Waals surface area contributed by atoms with E-state index < -0.39 is 0 Å². The van der Waals surface area contributed by atoms with Gasteiger partial charge in [0, 0.05) is 0 Å². The van der Waals surface area contributed by atoms with E-state index >= 15 is 0 Å². The number of imide groups is 1. The zero-order valence-corrected chi connectivity index (χ0v) is 14.2. The number of amides is 2. The number of nitrogens with zero attached hydrogens (tertiary/aromatic N) is 1. The number of benzene rings is 1. The monoisotopic (exact) mass is 339 g/mol. The van der Waals surface area contributed by atoms with E-state index in [9.17, 15) is 14.4 Å². The van der Waals surface area contributed by atoms with Crippen molar-refractivity contribution in [1.82, 2.24) is 0 Å². The highest BCUT2D eigenvalue weighted by Crippen LogP contribution is 2.53. The first-order valence-electron chi connectivity index (χ1n) is 8.95. The summed E-state index contributed by atoms with van der Waals surface area (Å²) in [6.45, 7) is 2.43. The van der Waals surface area contributed by atoms with Gasteiger partial charge >= 0.3 is 5.97 Å². The summed E-state index contributed by atoms with van der Waals surface area (Å²) < 4.78 is 5.18. The molecule has 1 aliphatic heterocycles. The topological polar surface area (TPSA) is 63.7 Å². The van der Waals surface area contributed by atoms with Crippen molar-refractivity contribution in [3.63, 3.8) is 0 Å². The van der Waals surface area contributed by atoms with Gasteiger partial charge < -0.3 is 4.74 Å². The Bertz CT molecular complexity index is 721. The standard InChI is InChI=1S/C20H21NO4/c1-2-3-10-25-20(24)12-6-8-15(9-7-12)21-18(22)16-13-4-5-14(11-13)17(16)19(21)23/h4-9,13-14,16-17H,2-3,10-11H2,1H3/t13-,14+,16-,17-/m0/s1. The van der Waals surface area contributed by atoms with E-state index in [4.69, 9.17) is 4.74 Å². The third kappa shape index (κ3) is 2.49. The second-order valence-corrected chi connectivity index (χ2v) is 7.05. The Hall–Kier alpha value is -2.43. The number of unbranched alkanes of at least 4 members (excludes halogenated alkanes) is 1. The first-order chi connectivity index (χ1) is 12.1. The smallest absolute Gasteiger partial charge is 0.338 e. The Morgan fingerprint density at radius 2 is 1.68 bits per heavy atom. The number of fused-ring (bicyclic) bond motifs is 5. The van der Waals surface area contributed by atoms with Crippen molar-refractivity contribution in [1.29, 1.82) is 0 Å². The number of hydrogen-bond donors (Lipinski definition) is 0. The van der Waals surface area contributed by atoms with Crippen LogP contribution in [0.25, 0.3) is 0 Å². The second-order valence-electron chi connectivity index (χ2n) is 7.05. The van der Waals surface area contributed by atoms with E-state index in [0.29, 0.717) is 17.9 Å². The zero-order valence-electron chi connectivity index (χ0n) is 14.2. The molecule has 0 radical (unpaired) electrons. The van der Waals surface area contributed by atoms with E-state index in [2.05, 4.69) is 12.2 Å². The van der Waals surface area contributed by atoms with Crippen molar-refractivity contribution < 1.29 is 19.1 Å². The Balaban J connectivity index is 1.50. The van der Waals surface area contributed by atoms with Gasteiger partial charge in [-0.05, 0) is 48.9 Å². The lowest BCUT2D eigenvalue weighted by molar-refractivity contribution is -0.123. The maximum absolute atomic E-state index is 12.8. The number of ether oxygens (including phenoxy) is 1. The number of carbonyl (C=O) groups excluding carboxylic acids is 3. The molecule has 1 aromatic rings. The highest BCUT2D eigenvalue weighted by Gasteiger charge is 2.59. The van der Waals surface area contributed by atoms with Gasteiger partial charge in [-0.15, -0.1) is 0 Å². The molecule has 2 bridgehead atoms. The average Bonchev–Trinajstić information content (AvgIpc) is 3.29. The van der Waals surface area contributed by atoms with Crippen LogP contribution in [-0.2, 0) is 14.3 Å². The van der Waals surface area contributed by atoms with Crippen LogP contribution in [0.2, 0.25) is 0 Å². The van der Waals surface area contributed by atoms with Crippen LogP contribution < -0.4 is 4.90 Å². The molecule has 0 aromatic heterocycles. The van der Waals surface area contributed by atoms with E-state index in [-0.39, 0.29) is 41.5 Å². The van der Waals surface area contributed by atoms with Crippen molar-refractivity contribution in [2.24, 2.45) is 23.7 Å². The molecule has 2 amide bonds. The number of esters is 1. The van der Waals surface area contributed by atoms with Crippen LogP contribution in [0.4, 0.5) is 5.69 Å². The number of rotatable bonds is 5. The maximum atomic E-state index is 12.8. The van der Waals surface area contributed by atoms with Crippen molar-refractivity contribution in [2.45, 2.75) is 26.2 Å². The van der Waals surface area contributed by atoms with Gasteiger partial charge in [-0.2, -0.15) is 0 Å². The summed E-state index contributed by atoms with van der Waals surface area (Å²) in [4.78, 5) is 38.8. The molecule has 1 heterocycles. The number of hydrogen-bond acceptors (Lipinski definition) is 4. The van der Waals surface area contributed by atoms with Crippen molar-refractivity contribution >= 4 is 23.5 Å². The zero-order chi connectivity index (χ0) is 17.6. The first-order valence-corrected chi connectivity index (χ1v) is 8.95. The molecule has 2 fully saturated rings. The van der Waals surface area contributed by atoms with E-state index in [0.717, 1.165) is 19.3 Å². The Kier molecular flexibility index (Phi) is 3.94. The SMILES string of the molecule is CCCCOC(=O)c1ccc(N2C(=O)[C@@H]3[C@@H](C2=O)[C@H]2C=C[C@@H]3C2)cc1. The molecular formula is C20H21NO4. The predicted molar refractivity (Wildman–Crippen MR) is 91.8 cm³/mol. The lowest BCUT2D eigenvalue weighted by Gasteiger charge is -2.17. The number of carbonyl (C=O) groups is 3. The molecule has 0 N–H and O–H groups in total. The highest BCUT2D eigenvalue weighted by molar-refractivity contribution is 6.22. The summed E-state index contributed by atoms with van der Waals surface area (Å²) in [7, 11) is 0. The van der Waals surface area contributed by atoms with Gasteiger partial charge in [-0.25, -0.2) is 4.79 Å². The van der Waals surface area contributed by atoms with Crippen LogP contribution in [0.5, 0.6) is 0 Å². The summed E-state index contributed by atoms with van der Waals surface area (Å²) in [6.07, 6.45) is 6.87. The van der Waals surface area contributed by atoms with Gasteiger partial charge in [0.2, 0.25) is 11.8 Å². The summed E-state index contributed by atoms with van der Waals surface area (Å²) in [5.74, 6) is -0.607.